The second kappa shape index (κ2) is 6.92. The maximum Gasteiger partial charge on any atom is 0.225 e. The minimum absolute atomic E-state index is 0.0366. The van der Waals surface area contributed by atoms with Crippen LogP contribution in [0.3, 0.4) is 0 Å². The molecule has 2 rings (SSSR count). The van der Waals surface area contributed by atoms with Crippen LogP contribution in [-0.4, -0.2) is 29.9 Å². The third-order valence-electron chi connectivity index (χ3n) is 3.44. The number of para-hydroxylation sites is 2. The molecule has 5 nitrogen and oxygen atoms in total. The van der Waals surface area contributed by atoms with Crippen LogP contribution < -0.4 is 11.1 Å². The number of carbonyl (C=O) groups is 1. The van der Waals surface area contributed by atoms with Gasteiger partial charge < -0.3 is 11.1 Å². The Morgan fingerprint density at radius 3 is 2.80 bits per heavy atom. The first-order valence-electron chi connectivity index (χ1n) is 6.96. The number of anilines is 2. The van der Waals surface area contributed by atoms with E-state index in [1.54, 1.807) is 12.1 Å². The number of nitrogens with zero attached hydrogens (tertiary/aromatic N) is 2. The Morgan fingerprint density at radius 2 is 2.15 bits per heavy atom. The van der Waals surface area contributed by atoms with E-state index in [0.717, 1.165) is 6.54 Å². The molecule has 1 saturated carbocycles. The number of hydrogen-bond donors (Lipinski definition) is 2. The molecule has 1 aromatic carbocycles. The molecule has 106 valence electrons. The van der Waals surface area contributed by atoms with Gasteiger partial charge in [-0.25, -0.2) is 0 Å². The molecule has 0 radical (unpaired) electrons. The zero-order valence-electron chi connectivity index (χ0n) is 11.5. The average Bonchev–Trinajstić information content (AvgIpc) is 3.26. The summed E-state index contributed by atoms with van der Waals surface area (Å²) in [4.78, 5) is 14.2. The van der Waals surface area contributed by atoms with Crippen molar-refractivity contribution >= 4 is 17.3 Å². The molecule has 1 fully saturated rings. The molecule has 20 heavy (non-hydrogen) atoms. The first-order valence-corrected chi connectivity index (χ1v) is 6.96. The summed E-state index contributed by atoms with van der Waals surface area (Å²) < 4.78 is 0. The molecule has 1 aromatic rings. The van der Waals surface area contributed by atoms with Gasteiger partial charge in [0.2, 0.25) is 5.91 Å². The lowest BCUT2D eigenvalue weighted by molar-refractivity contribution is -0.116. The van der Waals surface area contributed by atoms with Crippen LogP contribution in [-0.2, 0) is 4.79 Å². The molecule has 0 bridgehead atoms. The van der Waals surface area contributed by atoms with E-state index < -0.39 is 0 Å². The van der Waals surface area contributed by atoms with Crippen molar-refractivity contribution in [2.45, 2.75) is 31.7 Å². The van der Waals surface area contributed by atoms with Crippen LogP contribution in [0.25, 0.3) is 0 Å². The minimum atomic E-state index is -0.0366. The van der Waals surface area contributed by atoms with Gasteiger partial charge in [0.15, 0.2) is 0 Å². The van der Waals surface area contributed by atoms with Gasteiger partial charge in [-0.2, -0.15) is 5.26 Å². The summed E-state index contributed by atoms with van der Waals surface area (Å²) in [5.74, 6) is -0.0366. The van der Waals surface area contributed by atoms with E-state index >= 15 is 0 Å². The fourth-order valence-electron chi connectivity index (χ4n) is 2.18. The summed E-state index contributed by atoms with van der Waals surface area (Å²) in [7, 11) is 0. The average molecular weight is 272 g/mol. The van der Waals surface area contributed by atoms with Crippen molar-refractivity contribution in [3.8, 4) is 6.07 Å². The molecule has 1 aliphatic rings. The molecule has 0 heterocycles. The number of amides is 1. The summed E-state index contributed by atoms with van der Waals surface area (Å²) in [6.07, 6.45) is 3.30. The van der Waals surface area contributed by atoms with Crippen molar-refractivity contribution in [2.75, 3.05) is 24.1 Å². The van der Waals surface area contributed by atoms with Gasteiger partial charge in [0.25, 0.3) is 0 Å². The highest BCUT2D eigenvalue weighted by molar-refractivity contribution is 5.93. The smallest absolute Gasteiger partial charge is 0.225 e. The second-order valence-electron chi connectivity index (χ2n) is 5.06. The van der Waals surface area contributed by atoms with Crippen LogP contribution in [0.1, 0.15) is 25.7 Å². The topological polar surface area (TPSA) is 82.2 Å². The molecule has 0 saturated heterocycles. The lowest BCUT2D eigenvalue weighted by Gasteiger charge is -2.20. The molecular formula is C15H20N4O. The maximum atomic E-state index is 11.9. The summed E-state index contributed by atoms with van der Waals surface area (Å²) in [5.41, 5.74) is 7.02. The number of nitrogens with one attached hydrogen (secondary N) is 1. The molecule has 0 unspecified atom stereocenters. The van der Waals surface area contributed by atoms with Crippen molar-refractivity contribution in [3.05, 3.63) is 24.3 Å². The Bertz CT molecular complexity index is 505. The van der Waals surface area contributed by atoms with Gasteiger partial charge in [-0.05, 0) is 25.0 Å². The number of rotatable bonds is 7. The van der Waals surface area contributed by atoms with Crippen LogP contribution in [0.5, 0.6) is 0 Å². The fraction of sp³-hybridized carbons (Fsp3) is 0.467. The Morgan fingerprint density at radius 1 is 1.40 bits per heavy atom. The number of nitrogen functional groups attached to an aromatic ring is 1. The van der Waals surface area contributed by atoms with Crippen molar-refractivity contribution in [1.82, 2.24) is 4.90 Å². The molecule has 0 aliphatic heterocycles. The minimum Gasteiger partial charge on any atom is -0.397 e. The normalized spacial score (nSPS) is 14.0. The summed E-state index contributed by atoms with van der Waals surface area (Å²) in [6.45, 7) is 1.45. The molecule has 0 aromatic heterocycles. The number of carbonyl (C=O) groups excluding carboxylic acids is 1. The van der Waals surface area contributed by atoms with Crippen LogP contribution in [0.4, 0.5) is 11.4 Å². The third-order valence-corrected chi connectivity index (χ3v) is 3.44. The lowest BCUT2D eigenvalue weighted by Crippen LogP contribution is -2.30. The van der Waals surface area contributed by atoms with Gasteiger partial charge in [0, 0.05) is 32.0 Å². The van der Waals surface area contributed by atoms with Gasteiger partial charge in [-0.15, -0.1) is 0 Å². The van der Waals surface area contributed by atoms with E-state index in [-0.39, 0.29) is 5.91 Å². The molecule has 3 N–H and O–H groups in total. The highest BCUT2D eigenvalue weighted by Crippen LogP contribution is 2.27. The Labute approximate surface area is 119 Å². The zero-order valence-corrected chi connectivity index (χ0v) is 11.5. The van der Waals surface area contributed by atoms with Gasteiger partial charge in [0.1, 0.15) is 0 Å². The Hall–Kier alpha value is -2.06. The van der Waals surface area contributed by atoms with Crippen LogP contribution in [0.2, 0.25) is 0 Å². The first-order chi connectivity index (χ1) is 9.70. The molecular weight excluding hydrogens is 252 g/mol. The van der Waals surface area contributed by atoms with Gasteiger partial charge in [-0.1, -0.05) is 12.1 Å². The van der Waals surface area contributed by atoms with Crippen LogP contribution in [0, 0.1) is 11.3 Å². The van der Waals surface area contributed by atoms with E-state index in [0.29, 0.717) is 36.8 Å². The molecule has 0 spiro atoms. The fourth-order valence-corrected chi connectivity index (χ4v) is 2.18. The monoisotopic (exact) mass is 272 g/mol. The van der Waals surface area contributed by atoms with E-state index in [4.69, 9.17) is 11.0 Å². The first kappa shape index (κ1) is 14.4. The van der Waals surface area contributed by atoms with Gasteiger partial charge in [-0.3, -0.25) is 9.69 Å². The lowest BCUT2D eigenvalue weighted by atomic mass is 10.2. The summed E-state index contributed by atoms with van der Waals surface area (Å²) in [5, 5.41) is 11.5. The quantitative estimate of drug-likeness (QED) is 0.743. The molecule has 0 atom stereocenters. The zero-order chi connectivity index (χ0) is 14.4. The number of hydrogen-bond acceptors (Lipinski definition) is 4. The van der Waals surface area contributed by atoms with Gasteiger partial charge >= 0.3 is 0 Å². The second-order valence-corrected chi connectivity index (χ2v) is 5.06. The summed E-state index contributed by atoms with van der Waals surface area (Å²) in [6, 6.07) is 9.96. The Balaban J connectivity index is 1.79. The van der Waals surface area contributed by atoms with E-state index in [9.17, 15) is 4.79 Å². The highest BCUT2D eigenvalue weighted by atomic mass is 16.1. The number of nitrogens with two attached hydrogens (primary N) is 1. The standard InChI is InChI=1S/C15H20N4O/c16-9-3-10-19(12-6-7-12)11-8-15(20)18-14-5-2-1-4-13(14)17/h1-2,4-5,12H,3,6-8,10-11,17H2,(H,18,20). The predicted octanol–water partition coefficient (Wildman–Crippen LogP) is 1.98. The highest BCUT2D eigenvalue weighted by Gasteiger charge is 2.28. The summed E-state index contributed by atoms with van der Waals surface area (Å²) >= 11 is 0. The predicted molar refractivity (Wildman–Crippen MR) is 78.9 cm³/mol. The van der Waals surface area contributed by atoms with Crippen LogP contribution >= 0.6 is 0 Å². The largest absolute Gasteiger partial charge is 0.397 e. The maximum absolute atomic E-state index is 11.9. The number of nitriles is 1. The van der Waals surface area contributed by atoms with E-state index in [2.05, 4.69) is 16.3 Å². The van der Waals surface area contributed by atoms with E-state index in [1.807, 2.05) is 12.1 Å². The van der Waals surface area contributed by atoms with Crippen molar-refractivity contribution in [3.63, 3.8) is 0 Å². The van der Waals surface area contributed by atoms with Crippen molar-refractivity contribution < 1.29 is 4.79 Å². The van der Waals surface area contributed by atoms with E-state index in [1.165, 1.54) is 12.8 Å². The van der Waals surface area contributed by atoms with Crippen LogP contribution in [0.15, 0.2) is 24.3 Å². The third kappa shape index (κ3) is 4.25. The Kier molecular flexibility index (Phi) is 4.97. The molecule has 1 aliphatic carbocycles. The molecule has 5 heteroatoms. The number of benzene rings is 1. The van der Waals surface area contributed by atoms with Gasteiger partial charge in [0.05, 0.1) is 17.4 Å². The van der Waals surface area contributed by atoms with Crippen molar-refractivity contribution in [1.29, 1.82) is 5.26 Å². The van der Waals surface area contributed by atoms with Crippen molar-refractivity contribution in [2.24, 2.45) is 0 Å². The SMILES string of the molecule is N#CCCN(CCC(=O)Nc1ccccc1N)C1CC1. The molecule has 1 amide bonds.